The van der Waals surface area contributed by atoms with Crippen molar-refractivity contribution < 1.29 is 23.9 Å². The first-order valence-electron chi connectivity index (χ1n) is 9.05. The SMILES string of the molecule is CCOc1ccc(N2C[C@H](C(=O)Nc3ccccc3C(=O)OC)CC2=O)cc1. The molecule has 2 aromatic carbocycles. The van der Waals surface area contributed by atoms with Crippen LogP contribution in [0.4, 0.5) is 11.4 Å². The van der Waals surface area contributed by atoms with Gasteiger partial charge >= 0.3 is 5.97 Å². The summed E-state index contributed by atoms with van der Waals surface area (Å²) in [6.07, 6.45) is 0.111. The van der Waals surface area contributed by atoms with Crippen LogP contribution >= 0.6 is 0 Å². The lowest BCUT2D eigenvalue weighted by atomic mass is 10.1. The summed E-state index contributed by atoms with van der Waals surface area (Å²) in [5.41, 5.74) is 1.36. The lowest BCUT2D eigenvalue weighted by Gasteiger charge is -2.17. The number of para-hydroxylation sites is 1. The lowest BCUT2D eigenvalue weighted by Crippen LogP contribution is -2.28. The van der Waals surface area contributed by atoms with E-state index in [1.54, 1.807) is 53.4 Å². The molecule has 1 fully saturated rings. The average Bonchev–Trinajstić information content (AvgIpc) is 3.10. The summed E-state index contributed by atoms with van der Waals surface area (Å²) in [4.78, 5) is 38.5. The molecule has 1 N–H and O–H groups in total. The van der Waals surface area contributed by atoms with Crippen LogP contribution in [0.1, 0.15) is 23.7 Å². The number of esters is 1. The minimum Gasteiger partial charge on any atom is -0.494 e. The number of carbonyl (C=O) groups excluding carboxylic acids is 3. The molecule has 1 saturated heterocycles. The van der Waals surface area contributed by atoms with Crippen molar-refractivity contribution in [1.82, 2.24) is 0 Å². The molecular formula is C21H22N2O5. The van der Waals surface area contributed by atoms with Gasteiger partial charge in [-0.2, -0.15) is 0 Å². The second-order valence-corrected chi connectivity index (χ2v) is 6.36. The zero-order valence-corrected chi connectivity index (χ0v) is 15.8. The summed E-state index contributed by atoms with van der Waals surface area (Å²) in [6, 6.07) is 13.8. The van der Waals surface area contributed by atoms with Crippen molar-refractivity contribution in [2.75, 3.05) is 30.5 Å². The van der Waals surface area contributed by atoms with Crippen LogP contribution in [0.15, 0.2) is 48.5 Å². The number of nitrogens with one attached hydrogen (secondary N) is 1. The smallest absolute Gasteiger partial charge is 0.339 e. The number of rotatable bonds is 6. The van der Waals surface area contributed by atoms with E-state index in [0.29, 0.717) is 12.3 Å². The molecule has 1 aliphatic heterocycles. The van der Waals surface area contributed by atoms with E-state index >= 15 is 0 Å². The molecule has 28 heavy (non-hydrogen) atoms. The molecular weight excluding hydrogens is 360 g/mol. The van der Waals surface area contributed by atoms with Gasteiger partial charge in [-0.25, -0.2) is 4.79 Å². The number of carbonyl (C=O) groups is 3. The largest absolute Gasteiger partial charge is 0.494 e. The first kappa shape index (κ1) is 19.4. The van der Waals surface area contributed by atoms with Gasteiger partial charge < -0.3 is 19.7 Å². The molecule has 0 aromatic heterocycles. The highest BCUT2D eigenvalue weighted by molar-refractivity contribution is 6.06. The van der Waals surface area contributed by atoms with Gasteiger partial charge in [0.1, 0.15) is 5.75 Å². The van der Waals surface area contributed by atoms with Gasteiger partial charge in [0.05, 0.1) is 30.9 Å². The fraction of sp³-hybridized carbons (Fsp3) is 0.286. The van der Waals surface area contributed by atoms with Crippen molar-refractivity contribution in [1.29, 1.82) is 0 Å². The van der Waals surface area contributed by atoms with E-state index in [-0.39, 0.29) is 30.3 Å². The van der Waals surface area contributed by atoms with Crippen LogP contribution in [-0.2, 0) is 14.3 Å². The molecule has 1 aliphatic rings. The Hall–Kier alpha value is -3.35. The fourth-order valence-electron chi connectivity index (χ4n) is 3.14. The van der Waals surface area contributed by atoms with E-state index in [0.717, 1.165) is 11.4 Å². The number of benzene rings is 2. The predicted molar refractivity (Wildman–Crippen MR) is 104 cm³/mol. The normalized spacial score (nSPS) is 16.0. The second kappa shape index (κ2) is 8.56. The maximum absolute atomic E-state index is 12.7. The highest BCUT2D eigenvalue weighted by Gasteiger charge is 2.35. The van der Waals surface area contributed by atoms with Crippen LogP contribution in [0.25, 0.3) is 0 Å². The van der Waals surface area contributed by atoms with Crippen molar-refractivity contribution in [2.24, 2.45) is 5.92 Å². The van der Waals surface area contributed by atoms with E-state index in [9.17, 15) is 14.4 Å². The zero-order chi connectivity index (χ0) is 20.1. The third-order valence-electron chi connectivity index (χ3n) is 4.55. The van der Waals surface area contributed by atoms with Crippen LogP contribution < -0.4 is 15.0 Å². The second-order valence-electron chi connectivity index (χ2n) is 6.36. The summed E-state index contributed by atoms with van der Waals surface area (Å²) in [5.74, 6) is -0.741. The highest BCUT2D eigenvalue weighted by Crippen LogP contribution is 2.28. The molecule has 1 heterocycles. The van der Waals surface area contributed by atoms with Gasteiger partial charge in [-0.15, -0.1) is 0 Å². The van der Waals surface area contributed by atoms with Gasteiger partial charge in [-0.1, -0.05) is 12.1 Å². The molecule has 0 radical (unpaired) electrons. The number of methoxy groups -OCH3 is 1. The van der Waals surface area contributed by atoms with Crippen LogP contribution in [0, 0.1) is 5.92 Å². The molecule has 7 heteroatoms. The van der Waals surface area contributed by atoms with E-state index in [1.807, 2.05) is 6.92 Å². The van der Waals surface area contributed by atoms with Crippen LogP contribution in [-0.4, -0.2) is 38.0 Å². The van der Waals surface area contributed by atoms with Crippen molar-refractivity contribution in [2.45, 2.75) is 13.3 Å². The highest BCUT2D eigenvalue weighted by atomic mass is 16.5. The summed E-state index contributed by atoms with van der Waals surface area (Å²) < 4.78 is 10.2. The number of nitrogens with zero attached hydrogens (tertiary/aromatic N) is 1. The van der Waals surface area contributed by atoms with Gasteiger partial charge in [-0.05, 0) is 43.3 Å². The molecule has 3 rings (SSSR count). The Morgan fingerprint density at radius 3 is 2.54 bits per heavy atom. The number of amides is 2. The Morgan fingerprint density at radius 2 is 1.86 bits per heavy atom. The molecule has 0 bridgehead atoms. The molecule has 0 unspecified atom stereocenters. The predicted octanol–water partition coefficient (Wildman–Crippen LogP) is 2.86. The third kappa shape index (κ3) is 4.14. The Labute approximate surface area is 163 Å². The first-order chi connectivity index (χ1) is 13.5. The molecule has 2 aromatic rings. The maximum atomic E-state index is 12.7. The van der Waals surface area contributed by atoms with Gasteiger partial charge in [-0.3, -0.25) is 9.59 Å². The minimum absolute atomic E-state index is 0.111. The van der Waals surface area contributed by atoms with Crippen molar-refractivity contribution >= 4 is 29.2 Å². The van der Waals surface area contributed by atoms with Crippen molar-refractivity contribution in [3.8, 4) is 5.75 Å². The summed E-state index contributed by atoms with van der Waals surface area (Å²) in [6.45, 7) is 2.75. The molecule has 1 atom stereocenters. The van der Waals surface area contributed by atoms with Crippen molar-refractivity contribution in [3.05, 3.63) is 54.1 Å². The third-order valence-corrected chi connectivity index (χ3v) is 4.55. The number of hydrogen-bond acceptors (Lipinski definition) is 5. The van der Waals surface area contributed by atoms with Crippen LogP contribution in [0.2, 0.25) is 0 Å². The topological polar surface area (TPSA) is 84.9 Å². The minimum atomic E-state index is -0.533. The van der Waals surface area contributed by atoms with Gasteiger partial charge in [0.2, 0.25) is 11.8 Å². The monoisotopic (exact) mass is 382 g/mol. The van der Waals surface area contributed by atoms with E-state index in [1.165, 1.54) is 7.11 Å². The Bertz CT molecular complexity index is 879. The Kier molecular flexibility index (Phi) is 5.93. The molecule has 2 amide bonds. The van der Waals surface area contributed by atoms with Gasteiger partial charge in [0.25, 0.3) is 0 Å². The fourth-order valence-corrected chi connectivity index (χ4v) is 3.14. The van der Waals surface area contributed by atoms with E-state index in [2.05, 4.69) is 5.32 Å². The summed E-state index contributed by atoms with van der Waals surface area (Å²) in [7, 11) is 1.28. The quantitative estimate of drug-likeness (QED) is 0.777. The molecule has 0 aliphatic carbocycles. The molecule has 0 saturated carbocycles. The number of anilines is 2. The standard InChI is InChI=1S/C21H22N2O5/c1-3-28-16-10-8-15(9-11-16)23-13-14(12-19(23)24)20(25)22-18-7-5-4-6-17(18)21(26)27-2/h4-11,14H,3,12-13H2,1-2H3,(H,22,25)/t14-/m1/s1. The molecule has 146 valence electrons. The van der Waals surface area contributed by atoms with Crippen molar-refractivity contribution in [3.63, 3.8) is 0 Å². The number of hydrogen-bond donors (Lipinski definition) is 1. The van der Waals surface area contributed by atoms with E-state index < -0.39 is 11.9 Å². The van der Waals surface area contributed by atoms with E-state index in [4.69, 9.17) is 9.47 Å². The van der Waals surface area contributed by atoms with Gasteiger partial charge in [0, 0.05) is 18.7 Å². The maximum Gasteiger partial charge on any atom is 0.339 e. The van der Waals surface area contributed by atoms with Gasteiger partial charge in [0.15, 0.2) is 0 Å². The average molecular weight is 382 g/mol. The Morgan fingerprint density at radius 1 is 1.14 bits per heavy atom. The molecule has 0 spiro atoms. The zero-order valence-electron chi connectivity index (χ0n) is 15.8. The molecule has 7 nitrogen and oxygen atoms in total. The van der Waals surface area contributed by atoms with Crippen LogP contribution in [0.5, 0.6) is 5.75 Å². The first-order valence-corrected chi connectivity index (χ1v) is 9.05. The van der Waals surface area contributed by atoms with Crippen LogP contribution in [0.3, 0.4) is 0 Å². The lowest BCUT2D eigenvalue weighted by molar-refractivity contribution is -0.122. The summed E-state index contributed by atoms with van der Waals surface area (Å²) >= 11 is 0. The number of ether oxygens (including phenoxy) is 2. The summed E-state index contributed by atoms with van der Waals surface area (Å²) in [5, 5.41) is 2.75. The Balaban J connectivity index is 1.70.